The molecule has 1 aliphatic carbocycles. The van der Waals surface area contributed by atoms with E-state index in [1.807, 2.05) is 12.1 Å². The minimum Gasteiger partial charge on any atom is -0.289 e. The minimum absolute atomic E-state index is 0.000415. The molecule has 0 aromatic heterocycles. The van der Waals surface area contributed by atoms with Gasteiger partial charge in [-0.1, -0.05) is 25.5 Å². The summed E-state index contributed by atoms with van der Waals surface area (Å²) in [5, 5.41) is 0. The fraction of sp³-hybridized carbons (Fsp3) is 0.375. The molecule has 2 rings (SSSR count). The van der Waals surface area contributed by atoms with Crippen LogP contribution in [0.3, 0.4) is 0 Å². The lowest BCUT2D eigenvalue weighted by Crippen LogP contribution is -2.19. The van der Waals surface area contributed by atoms with E-state index in [1.54, 1.807) is 19.9 Å². The average Bonchev–Trinajstić information content (AvgIpc) is 2.40. The van der Waals surface area contributed by atoms with Gasteiger partial charge in [-0.2, -0.15) is 0 Å². The van der Waals surface area contributed by atoms with Gasteiger partial charge in [-0.05, 0) is 38.3 Å². The Labute approximate surface area is 108 Å². The molecule has 0 amide bonds. The van der Waals surface area contributed by atoms with E-state index in [0.717, 1.165) is 24.8 Å². The zero-order valence-electron chi connectivity index (χ0n) is 11.2. The summed E-state index contributed by atoms with van der Waals surface area (Å²) in [6.45, 7) is 5.60. The molecule has 2 nitrogen and oxygen atoms in total. The van der Waals surface area contributed by atoms with Crippen LogP contribution < -0.4 is 0 Å². The first kappa shape index (κ1) is 12.7. The van der Waals surface area contributed by atoms with Crippen LogP contribution in [0.2, 0.25) is 0 Å². The fourth-order valence-electron chi connectivity index (χ4n) is 2.26. The molecule has 1 aliphatic rings. The minimum atomic E-state index is -0.0101. The molecular formula is C16H18O2. The summed E-state index contributed by atoms with van der Waals surface area (Å²) in [5.41, 5.74) is 3.44. The van der Waals surface area contributed by atoms with Gasteiger partial charge in [0.1, 0.15) is 0 Å². The highest BCUT2D eigenvalue weighted by atomic mass is 16.1. The Hall–Kier alpha value is -1.70. The van der Waals surface area contributed by atoms with E-state index >= 15 is 0 Å². The molecule has 0 unspecified atom stereocenters. The van der Waals surface area contributed by atoms with Crippen molar-refractivity contribution < 1.29 is 9.59 Å². The monoisotopic (exact) mass is 242 g/mol. The summed E-state index contributed by atoms with van der Waals surface area (Å²) >= 11 is 0. The number of hydrogen-bond acceptors (Lipinski definition) is 2. The van der Waals surface area contributed by atoms with Crippen molar-refractivity contribution in [2.45, 2.75) is 40.0 Å². The van der Waals surface area contributed by atoms with Crippen molar-refractivity contribution in [1.29, 1.82) is 0 Å². The van der Waals surface area contributed by atoms with Crippen molar-refractivity contribution in [1.82, 2.24) is 0 Å². The summed E-state index contributed by atoms with van der Waals surface area (Å²) in [5.74, 6) is -0.00964. The number of hydrogen-bond donors (Lipinski definition) is 0. The molecule has 1 aromatic carbocycles. The predicted molar refractivity (Wildman–Crippen MR) is 72.1 cm³/mol. The van der Waals surface area contributed by atoms with E-state index in [0.29, 0.717) is 22.3 Å². The van der Waals surface area contributed by atoms with Gasteiger partial charge in [0.15, 0.2) is 11.6 Å². The molecule has 2 heteroatoms. The number of allylic oxidation sites excluding steroid dienone is 2. The first-order valence-corrected chi connectivity index (χ1v) is 6.46. The van der Waals surface area contributed by atoms with Crippen LogP contribution in [-0.2, 0) is 6.42 Å². The molecule has 94 valence electrons. The summed E-state index contributed by atoms with van der Waals surface area (Å²) in [6, 6.07) is 5.66. The zero-order valence-corrected chi connectivity index (χ0v) is 11.2. The van der Waals surface area contributed by atoms with Crippen LogP contribution in [0.5, 0.6) is 0 Å². The number of rotatable bonds is 3. The zero-order chi connectivity index (χ0) is 13.3. The number of benzene rings is 1. The molecule has 18 heavy (non-hydrogen) atoms. The van der Waals surface area contributed by atoms with Crippen LogP contribution in [0, 0.1) is 0 Å². The first-order chi connectivity index (χ1) is 8.56. The Kier molecular flexibility index (Phi) is 3.46. The molecule has 0 heterocycles. The van der Waals surface area contributed by atoms with Gasteiger partial charge < -0.3 is 0 Å². The van der Waals surface area contributed by atoms with Gasteiger partial charge in [0, 0.05) is 22.3 Å². The first-order valence-electron chi connectivity index (χ1n) is 6.46. The van der Waals surface area contributed by atoms with Gasteiger partial charge in [-0.15, -0.1) is 0 Å². The Morgan fingerprint density at radius 2 is 1.56 bits per heavy atom. The average molecular weight is 242 g/mol. The van der Waals surface area contributed by atoms with E-state index in [1.165, 1.54) is 0 Å². The maximum atomic E-state index is 12.2. The molecule has 0 N–H and O–H groups in total. The molecule has 0 saturated heterocycles. The Bertz CT molecular complexity index is 550. The number of carbonyl (C=O) groups is 2. The molecule has 0 fully saturated rings. The van der Waals surface area contributed by atoms with Gasteiger partial charge in [0.25, 0.3) is 0 Å². The maximum Gasteiger partial charge on any atom is 0.189 e. The SMILES string of the molecule is CCCCc1ccc2c(c1)C(=O)C(C)=C(C)C2=O. The Balaban J connectivity index is 2.45. The summed E-state index contributed by atoms with van der Waals surface area (Å²) in [7, 11) is 0. The van der Waals surface area contributed by atoms with E-state index in [2.05, 4.69) is 6.92 Å². The number of ketones is 2. The van der Waals surface area contributed by atoms with Gasteiger partial charge in [-0.3, -0.25) is 9.59 Å². The molecule has 1 aromatic rings. The predicted octanol–water partition coefficient (Wildman–Crippen LogP) is 3.74. The molecular weight excluding hydrogens is 224 g/mol. The maximum absolute atomic E-state index is 12.2. The summed E-state index contributed by atoms with van der Waals surface area (Å²) in [6.07, 6.45) is 3.20. The molecule has 0 spiro atoms. The third-order valence-electron chi connectivity index (χ3n) is 3.64. The Morgan fingerprint density at radius 3 is 2.17 bits per heavy atom. The molecule has 0 aliphatic heterocycles. The number of carbonyl (C=O) groups excluding carboxylic acids is 2. The third-order valence-corrected chi connectivity index (χ3v) is 3.64. The van der Waals surface area contributed by atoms with Crippen molar-refractivity contribution in [3.8, 4) is 0 Å². The van der Waals surface area contributed by atoms with Crippen LogP contribution in [-0.4, -0.2) is 11.6 Å². The normalized spacial score (nSPS) is 15.1. The van der Waals surface area contributed by atoms with E-state index in [-0.39, 0.29) is 11.6 Å². The lowest BCUT2D eigenvalue weighted by molar-refractivity contribution is 0.0975. The fourth-order valence-corrected chi connectivity index (χ4v) is 2.26. The van der Waals surface area contributed by atoms with E-state index in [4.69, 9.17) is 0 Å². The second kappa shape index (κ2) is 4.89. The number of unbranched alkanes of at least 4 members (excludes halogenated alkanes) is 1. The van der Waals surface area contributed by atoms with Crippen molar-refractivity contribution in [3.63, 3.8) is 0 Å². The van der Waals surface area contributed by atoms with Crippen molar-refractivity contribution in [2.75, 3.05) is 0 Å². The third kappa shape index (κ3) is 2.03. The topological polar surface area (TPSA) is 34.1 Å². The van der Waals surface area contributed by atoms with Crippen LogP contribution in [0.1, 0.15) is 59.9 Å². The molecule has 0 atom stereocenters. The summed E-state index contributed by atoms with van der Waals surface area (Å²) in [4.78, 5) is 24.3. The van der Waals surface area contributed by atoms with Crippen molar-refractivity contribution in [2.24, 2.45) is 0 Å². The number of Topliss-reactive ketones (excluding diaryl/α,β-unsaturated/α-hetero) is 2. The van der Waals surface area contributed by atoms with Gasteiger partial charge in [-0.25, -0.2) is 0 Å². The lowest BCUT2D eigenvalue weighted by Gasteiger charge is -2.17. The molecule has 0 radical (unpaired) electrons. The number of aryl methyl sites for hydroxylation is 1. The van der Waals surface area contributed by atoms with Crippen LogP contribution >= 0.6 is 0 Å². The summed E-state index contributed by atoms with van der Waals surface area (Å²) < 4.78 is 0. The largest absolute Gasteiger partial charge is 0.289 e. The van der Waals surface area contributed by atoms with Gasteiger partial charge >= 0.3 is 0 Å². The smallest absolute Gasteiger partial charge is 0.189 e. The molecule has 0 bridgehead atoms. The van der Waals surface area contributed by atoms with Crippen LogP contribution in [0.4, 0.5) is 0 Å². The standard InChI is InChI=1S/C16H18O2/c1-4-5-6-12-7-8-13-14(9-12)16(18)11(3)10(2)15(13)17/h7-9H,4-6H2,1-3H3. The van der Waals surface area contributed by atoms with Crippen molar-refractivity contribution >= 4 is 11.6 Å². The highest BCUT2D eigenvalue weighted by Crippen LogP contribution is 2.27. The van der Waals surface area contributed by atoms with Crippen LogP contribution in [0.25, 0.3) is 0 Å². The van der Waals surface area contributed by atoms with Crippen LogP contribution in [0.15, 0.2) is 29.3 Å². The highest BCUT2D eigenvalue weighted by Gasteiger charge is 2.27. The quantitative estimate of drug-likeness (QED) is 0.809. The lowest BCUT2D eigenvalue weighted by atomic mass is 9.84. The highest BCUT2D eigenvalue weighted by molar-refractivity contribution is 6.26. The Morgan fingerprint density at radius 1 is 0.944 bits per heavy atom. The van der Waals surface area contributed by atoms with E-state index < -0.39 is 0 Å². The second-order valence-electron chi connectivity index (χ2n) is 4.89. The molecule has 0 saturated carbocycles. The van der Waals surface area contributed by atoms with E-state index in [9.17, 15) is 9.59 Å². The second-order valence-corrected chi connectivity index (χ2v) is 4.89. The van der Waals surface area contributed by atoms with Crippen molar-refractivity contribution in [3.05, 3.63) is 46.0 Å². The number of fused-ring (bicyclic) bond motifs is 1. The van der Waals surface area contributed by atoms with Gasteiger partial charge in [0.05, 0.1) is 0 Å². The van der Waals surface area contributed by atoms with Gasteiger partial charge in [0.2, 0.25) is 0 Å².